The van der Waals surface area contributed by atoms with Crippen LogP contribution >= 0.6 is 11.3 Å². The molecule has 1 aliphatic rings. The van der Waals surface area contributed by atoms with Crippen molar-refractivity contribution in [1.82, 2.24) is 5.32 Å². The molecule has 0 bridgehead atoms. The van der Waals surface area contributed by atoms with Gasteiger partial charge in [-0.1, -0.05) is 18.2 Å². The molecule has 1 aromatic carbocycles. The van der Waals surface area contributed by atoms with Crippen LogP contribution in [0.3, 0.4) is 0 Å². The minimum absolute atomic E-state index is 0.354. The molecular formula is C19H25NO2S. The topological polar surface area (TPSA) is 30.5 Å². The van der Waals surface area contributed by atoms with E-state index in [0.717, 1.165) is 38.5 Å². The summed E-state index contributed by atoms with van der Waals surface area (Å²) in [6.07, 6.45) is 1.11. The first-order valence-corrected chi connectivity index (χ1v) is 9.17. The monoisotopic (exact) mass is 331 g/mol. The summed E-state index contributed by atoms with van der Waals surface area (Å²) in [6, 6.07) is 11.1. The Morgan fingerprint density at radius 2 is 2.30 bits per heavy atom. The van der Waals surface area contributed by atoms with Gasteiger partial charge in [0, 0.05) is 35.6 Å². The molecule has 0 saturated carbocycles. The summed E-state index contributed by atoms with van der Waals surface area (Å²) in [5.74, 6) is 1.53. The van der Waals surface area contributed by atoms with E-state index >= 15 is 0 Å². The van der Waals surface area contributed by atoms with E-state index in [0.29, 0.717) is 12.0 Å². The molecule has 124 valence electrons. The van der Waals surface area contributed by atoms with E-state index in [-0.39, 0.29) is 0 Å². The molecule has 2 heterocycles. The van der Waals surface area contributed by atoms with Crippen LogP contribution < -0.4 is 10.1 Å². The normalized spacial score (nSPS) is 19.0. The summed E-state index contributed by atoms with van der Waals surface area (Å²) < 4.78 is 11.5. The largest absolute Gasteiger partial charge is 0.493 e. The third-order valence-electron chi connectivity index (χ3n) is 4.29. The second-order valence-corrected chi connectivity index (χ2v) is 7.25. The van der Waals surface area contributed by atoms with Crippen LogP contribution in [0.2, 0.25) is 0 Å². The Morgan fingerprint density at radius 3 is 3.04 bits per heavy atom. The number of nitrogens with one attached hydrogen (secondary N) is 1. The van der Waals surface area contributed by atoms with Crippen molar-refractivity contribution in [1.29, 1.82) is 0 Å². The standard InChI is InChI=1S/C19H25NO2S/c1-14-5-6-17(11-20-15(2)19-4-3-9-23-19)18(10-14)22-13-16-7-8-21-12-16/h3-6,9-10,15-16,20H,7-8,11-13H2,1-2H3/t15-,16-/m1/s1. The molecule has 3 nitrogen and oxygen atoms in total. The number of ether oxygens (including phenoxy) is 2. The highest BCUT2D eigenvalue weighted by Crippen LogP contribution is 2.24. The minimum Gasteiger partial charge on any atom is -0.493 e. The Labute approximate surface area is 142 Å². The average Bonchev–Trinajstić information content (AvgIpc) is 3.25. The van der Waals surface area contributed by atoms with Crippen LogP contribution in [0.4, 0.5) is 0 Å². The number of hydrogen-bond acceptors (Lipinski definition) is 4. The fourth-order valence-electron chi connectivity index (χ4n) is 2.77. The van der Waals surface area contributed by atoms with Crippen LogP contribution in [0.15, 0.2) is 35.7 Å². The van der Waals surface area contributed by atoms with Crippen molar-refractivity contribution in [3.63, 3.8) is 0 Å². The van der Waals surface area contributed by atoms with Gasteiger partial charge in [-0.2, -0.15) is 0 Å². The number of rotatable bonds is 7. The van der Waals surface area contributed by atoms with Gasteiger partial charge in [-0.25, -0.2) is 0 Å². The van der Waals surface area contributed by atoms with E-state index in [4.69, 9.17) is 9.47 Å². The van der Waals surface area contributed by atoms with Crippen LogP contribution in [-0.4, -0.2) is 19.8 Å². The Morgan fingerprint density at radius 1 is 1.39 bits per heavy atom. The molecule has 3 rings (SSSR count). The number of hydrogen-bond donors (Lipinski definition) is 1. The third kappa shape index (κ3) is 4.56. The van der Waals surface area contributed by atoms with Crippen molar-refractivity contribution in [2.45, 2.75) is 32.9 Å². The van der Waals surface area contributed by atoms with Crippen molar-refractivity contribution >= 4 is 11.3 Å². The lowest BCUT2D eigenvalue weighted by Crippen LogP contribution is -2.18. The lowest BCUT2D eigenvalue weighted by atomic mass is 10.1. The molecule has 1 aromatic heterocycles. The van der Waals surface area contributed by atoms with Crippen molar-refractivity contribution < 1.29 is 9.47 Å². The predicted octanol–water partition coefficient (Wildman–Crippen LogP) is 4.32. The smallest absolute Gasteiger partial charge is 0.124 e. The molecule has 2 aromatic rings. The Kier molecular flexibility index (Phi) is 5.70. The van der Waals surface area contributed by atoms with Crippen molar-refractivity contribution in [2.75, 3.05) is 19.8 Å². The van der Waals surface area contributed by atoms with E-state index in [9.17, 15) is 0 Å². The van der Waals surface area contributed by atoms with Crippen molar-refractivity contribution in [3.8, 4) is 5.75 Å². The molecule has 4 heteroatoms. The van der Waals surface area contributed by atoms with Gasteiger partial charge >= 0.3 is 0 Å². The molecule has 0 radical (unpaired) electrons. The summed E-state index contributed by atoms with van der Waals surface area (Å²) in [7, 11) is 0. The van der Waals surface area contributed by atoms with E-state index in [1.165, 1.54) is 16.0 Å². The van der Waals surface area contributed by atoms with Gasteiger partial charge in [0.1, 0.15) is 5.75 Å². The first kappa shape index (κ1) is 16.5. The second kappa shape index (κ2) is 7.95. The van der Waals surface area contributed by atoms with Crippen LogP contribution in [0.5, 0.6) is 5.75 Å². The van der Waals surface area contributed by atoms with Gasteiger partial charge in [-0.15, -0.1) is 11.3 Å². The fraction of sp³-hybridized carbons (Fsp3) is 0.474. The van der Waals surface area contributed by atoms with Gasteiger partial charge in [0.25, 0.3) is 0 Å². The first-order valence-electron chi connectivity index (χ1n) is 8.29. The number of benzene rings is 1. The minimum atomic E-state index is 0.354. The molecule has 0 spiro atoms. The zero-order chi connectivity index (χ0) is 16.1. The summed E-state index contributed by atoms with van der Waals surface area (Å²) in [6.45, 7) is 7.57. The van der Waals surface area contributed by atoms with Gasteiger partial charge in [0.2, 0.25) is 0 Å². The molecule has 1 fully saturated rings. The van der Waals surface area contributed by atoms with E-state index in [1.54, 1.807) is 11.3 Å². The maximum absolute atomic E-state index is 6.11. The van der Waals surface area contributed by atoms with E-state index in [1.807, 2.05) is 0 Å². The highest BCUT2D eigenvalue weighted by molar-refractivity contribution is 7.10. The highest BCUT2D eigenvalue weighted by Gasteiger charge is 2.17. The SMILES string of the molecule is Cc1ccc(CN[C@H](C)c2cccs2)c(OC[C@@H]2CCOC2)c1. The van der Waals surface area contributed by atoms with Gasteiger partial charge < -0.3 is 14.8 Å². The lowest BCUT2D eigenvalue weighted by Gasteiger charge is -2.17. The maximum Gasteiger partial charge on any atom is 0.124 e. The average molecular weight is 331 g/mol. The zero-order valence-corrected chi connectivity index (χ0v) is 14.7. The lowest BCUT2D eigenvalue weighted by molar-refractivity contribution is 0.166. The predicted molar refractivity (Wildman–Crippen MR) is 95.2 cm³/mol. The molecule has 2 atom stereocenters. The molecular weight excluding hydrogens is 306 g/mol. The second-order valence-electron chi connectivity index (χ2n) is 6.27. The molecule has 1 aliphatic heterocycles. The third-order valence-corrected chi connectivity index (χ3v) is 5.34. The summed E-state index contributed by atoms with van der Waals surface area (Å²) >= 11 is 1.79. The maximum atomic E-state index is 6.11. The molecule has 1 saturated heterocycles. The van der Waals surface area contributed by atoms with Crippen molar-refractivity contribution in [2.24, 2.45) is 5.92 Å². The Bertz CT molecular complexity index is 606. The van der Waals surface area contributed by atoms with Crippen LogP contribution in [-0.2, 0) is 11.3 Å². The van der Waals surface area contributed by atoms with Gasteiger partial charge in [-0.3, -0.25) is 0 Å². The fourth-order valence-corrected chi connectivity index (χ4v) is 3.52. The highest BCUT2D eigenvalue weighted by atomic mass is 32.1. The van der Waals surface area contributed by atoms with E-state index < -0.39 is 0 Å². The van der Waals surface area contributed by atoms with Crippen LogP contribution in [0.25, 0.3) is 0 Å². The van der Waals surface area contributed by atoms with Gasteiger partial charge in [0.05, 0.1) is 13.2 Å². The van der Waals surface area contributed by atoms with Crippen LogP contribution in [0, 0.1) is 12.8 Å². The molecule has 0 aliphatic carbocycles. The van der Waals surface area contributed by atoms with Gasteiger partial charge in [-0.05, 0) is 43.3 Å². The number of aryl methyl sites for hydroxylation is 1. The van der Waals surface area contributed by atoms with Crippen molar-refractivity contribution in [3.05, 3.63) is 51.7 Å². The zero-order valence-electron chi connectivity index (χ0n) is 13.9. The molecule has 0 amide bonds. The molecule has 23 heavy (non-hydrogen) atoms. The summed E-state index contributed by atoms with van der Waals surface area (Å²) in [5, 5.41) is 5.72. The molecule has 0 unspecified atom stereocenters. The molecule has 1 N–H and O–H groups in total. The summed E-state index contributed by atoms with van der Waals surface area (Å²) in [5.41, 5.74) is 2.45. The van der Waals surface area contributed by atoms with E-state index in [2.05, 4.69) is 54.9 Å². The van der Waals surface area contributed by atoms with Crippen LogP contribution in [0.1, 0.15) is 35.4 Å². The summed E-state index contributed by atoms with van der Waals surface area (Å²) in [4.78, 5) is 1.36. The Balaban J connectivity index is 1.61. The number of thiophene rings is 1. The first-order chi connectivity index (χ1) is 11.2. The quantitative estimate of drug-likeness (QED) is 0.819. The van der Waals surface area contributed by atoms with Gasteiger partial charge in [0.15, 0.2) is 0 Å². The Hall–Kier alpha value is -1.36.